The van der Waals surface area contributed by atoms with E-state index in [-0.39, 0.29) is 5.91 Å². The van der Waals surface area contributed by atoms with Crippen LogP contribution in [0.3, 0.4) is 0 Å². The Morgan fingerprint density at radius 2 is 1.48 bits per heavy atom. The summed E-state index contributed by atoms with van der Waals surface area (Å²) < 4.78 is 5.23. The number of rotatable bonds is 5. The molecule has 25 heavy (non-hydrogen) atoms. The maximum Gasteiger partial charge on any atom is 0.248 e. The molecule has 3 nitrogen and oxygen atoms in total. The van der Waals surface area contributed by atoms with E-state index in [9.17, 15) is 4.79 Å². The average molecular weight is 329 g/mol. The molecular weight excluding hydrogens is 310 g/mol. The van der Waals surface area contributed by atoms with E-state index in [1.807, 2.05) is 60.7 Å². The van der Waals surface area contributed by atoms with Crippen LogP contribution in [-0.4, -0.2) is 13.0 Å². The number of hydrogen-bond donors (Lipinski definition) is 1. The van der Waals surface area contributed by atoms with Gasteiger partial charge in [0.05, 0.1) is 12.8 Å². The highest BCUT2D eigenvalue weighted by molar-refractivity contribution is 6.02. The number of para-hydroxylation sites is 2. The minimum atomic E-state index is -0.198. The lowest BCUT2D eigenvalue weighted by Gasteiger charge is -2.07. The summed E-state index contributed by atoms with van der Waals surface area (Å²) >= 11 is 0. The minimum Gasteiger partial charge on any atom is -0.495 e. The van der Waals surface area contributed by atoms with E-state index >= 15 is 0 Å². The summed E-state index contributed by atoms with van der Waals surface area (Å²) in [6.07, 6.45) is 3.31. The molecule has 0 saturated carbocycles. The summed E-state index contributed by atoms with van der Waals surface area (Å²) in [4.78, 5) is 12.1. The fraction of sp³-hybridized carbons (Fsp3) is 0.0455. The number of carbonyl (C=O) groups is 1. The van der Waals surface area contributed by atoms with Gasteiger partial charge in [-0.2, -0.15) is 0 Å². The summed E-state index contributed by atoms with van der Waals surface area (Å²) in [5.74, 6) is 0.438. The van der Waals surface area contributed by atoms with E-state index in [1.54, 1.807) is 19.3 Å². The van der Waals surface area contributed by atoms with Gasteiger partial charge in [0.15, 0.2) is 0 Å². The van der Waals surface area contributed by atoms with Gasteiger partial charge in [-0.05, 0) is 34.9 Å². The van der Waals surface area contributed by atoms with E-state index in [0.717, 1.165) is 11.1 Å². The van der Waals surface area contributed by atoms with Gasteiger partial charge in [0, 0.05) is 6.08 Å². The van der Waals surface area contributed by atoms with Crippen LogP contribution in [0.25, 0.3) is 17.2 Å². The third-order valence-corrected chi connectivity index (χ3v) is 3.81. The smallest absolute Gasteiger partial charge is 0.248 e. The molecule has 0 aromatic heterocycles. The van der Waals surface area contributed by atoms with Crippen LogP contribution in [-0.2, 0) is 4.79 Å². The molecule has 0 unspecified atom stereocenters. The van der Waals surface area contributed by atoms with E-state index < -0.39 is 0 Å². The molecule has 3 aromatic rings. The first kappa shape index (κ1) is 16.5. The Bertz CT molecular complexity index is 868. The fourth-order valence-corrected chi connectivity index (χ4v) is 2.51. The Hall–Kier alpha value is -3.33. The molecule has 124 valence electrons. The Labute approximate surface area is 147 Å². The molecule has 0 aliphatic carbocycles. The van der Waals surface area contributed by atoms with Crippen LogP contribution in [0.2, 0.25) is 0 Å². The lowest BCUT2D eigenvalue weighted by atomic mass is 10.0. The number of anilines is 1. The molecule has 0 aliphatic rings. The van der Waals surface area contributed by atoms with Crippen molar-refractivity contribution < 1.29 is 9.53 Å². The SMILES string of the molecule is COc1ccccc1NC(=O)/C=C/c1ccc(-c2ccccc2)cc1. The summed E-state index contributed by atoms with van der Waals surface area (Å²) in [5.41, 5.74) is 3.94. The lowest BCUT2D eigenvalue weighted by molar-refractivity contribution is -0.111. The second-order valence-electron chi connectivity index (χ2n) is 5.51. The molecule has 0 saturated heterocycles. The molecule has 0 bridgehead atoms. The standard InChI is InChI=1S/C22H19NO2/c1-25-21-10-6-5-9-20(21)23-22(24)16-13-17-11-14-19(15-12-17)18-7-3-2-4-8-18/h2-16H,1H3,(H,23,24)/b16-13+. The van der Waals surface area contributed by atoms with Crippen molar-refractivity contribution in [3.8, 4) is 16.9 Å². The maximum absolute atomic E-state index is 12.1. The summed E-state index contributed by atoms with van der Waals surface area (Å²) in [6, 6.07) is 25.6. The highest BCUT2D eigenvalue weighted by atomic mass is 16.5. The van der Waals surface area contributed by atoms with Crippen LogP contribution in [0.5, 0.6) is 5.75 Å². The lowest BCUT2D eigenvalue weighted by Crippen LogP contribution is -2.08. The second-order valence-corrected chi connectivity index (χ2v) is 5.51. The number of benzene rings is 3. The molecular formula is C22H19NO2. The second kappa shape index (κ2) is 7.97. The van der Waals surface area contributed by atoms with Crippen molar-refractivity contribution in [3.05, 3.63) is 90.5 Å². The first-order chi connectivity index (χ1) is 12.3. The van der Waals surface area contributed by atoms with E-state index in [1.165, 1.54) is 11.6 Å². The molecule has 0 spiro atoms. The summed E-state index contributed by atoms with van der Waals surface area (Å²) in [5, 5.41) is 2.82. The topological polar surface area (TPSA) is 38.3 Å². The van der Waals surface area contributed by atoms with Crippen molar-refractivity contribution >= 4 is 17.7 Å². The molecule has 0 radical (unpaired) electrons. The number of hydrogen-bond acceptors (Lipinski definition) is 2. The van der Waals surface area contributed by atoms with Crippen molar-refractivity contribution in [2.75, 3.05) is 12.4 Å². The van der Waals surface area contributed by atoms with Crippen LogP contribution >= 0.6 is 0 Å². The highest BCUT2D eigenvalue weighted by Gasteiger charge is 2.03. The largest absolute Gasteiger partial charge is 0.495 e. The number of carbonyl (C=O) groups excluding carboxylic acids is 1. The molecule has 0 fully saturated rings. The van der Waals surface area contributed by atoms with Crippen molar-refractivity contribution in [1.29, 1.82) is 0 Å². The van der Waals surface area contributed by atoms with Crippen LogP contribution < -0.4 is 10.1 Å². The molecule has 1 amide bonds. The Morgan fingerprint density at radius 1 is 0.840 bits per heavy atom. The minimum absolute atomic E-state index is 0.198. The molecule has 3 rings (SSSR count). The molecule has 0 heterocycles. The van der Waals surface area contributed by atoms with Crippen LogP contribution in [0, 0.1) is 0 Å². The van der Waals surface area contributed by atoms with Crippen molar-refractivity contribution in [2.45, 2.75) is 0 Å². The third-order valence-electron chi connectivity index (χ3n) is 3.81. The third kappa shape index (κ3) is 4.36. The number of amides is 1. The number of nitrogens with one attached hydrogen (secondary N) is 1. The zero-order valence-corrected chi connectivity index (χ0v) is 14.0. The van der Waals surface area contributed by atoms with Gasteiger partial charge in [-0.25, -0.2) is 0 Å². The van der Waals surface area contributed by atoms with Crippen molar-refractivity contribution in [3.63, 3.8) is 0 Å². The summed E-state index contributed by atoms with van der Waals surface area (Å²) in [6.45, 7) is 0. The van der Waals surface area contributed by atoms with E-state index in [0.29, 0.717) is 11.4 Å². The zero-order chi connectivity index (χ0) is 17.5. The predicted molar refractivity (Wildman–Crippen MR) is 103 cm³/mol. The van der Waals surface area contributed by atoms with Crippen LogP contribution in [0.4, 0.5) is 5.69 Å². The van der Waals surface area contributed by atoms with Crippen molar-refractivity contribution in [1.82, 2.24) is 0 Å². The van der Waals surface area contributed by atoms with Crippen molar-refractivity contribution in [2.24, 2.45) is 0 Å². The number of ether oxygens (including phenoxy) is 1. The molecule has 1 N–H and O–H groups in total. The number of methoxy groups -OCH3 is 1. The monoisotopic (exact) mass is 329 g/mol. The van der Waals surface area contributed by atoms with Gasteiger partial charge in [-0.3, -0.25) is 4.79 Å². The van der Waals surface area contributed by atoms with E-state index in [4.69, 9.17) is 4.74 Å². The molecule has 3 aromatic carbocycles. The highest BCUT2D eigenvalue weighted by Crippen LogP contribution is 2.23. The first-order valence-corrected chi connectivity index (χ1v) is 8.04. The first-order valence-electron chi connectivity index (χ1n) is 8.04. The van der Waals surface area contributed by atoms with Crippen LogP contribution in [0.1, 0.15) is 5.56 Å². The van der Waals surface area contributed by atoms with E-state index in [2.05, 4.69) is 17.4 Å². The quantitative estimate of drug-likeness (QED) is 0.668. The van der Waals surface area contributed by atoms with Crippen LogP contribution in [0.15, 0.2) is 84.9 Å². The molecule has 3 heteroatoms. The van der Waals surface area contributed by atoms with Gasteiger partial charge in [0.25, 0.3) is 0 Å². The maximum atomic E-state index is 12.1. The predicted octanol–water partition coefficient (Wildman–Crippen LogP) is 5.01. The van der Waals surface area contributed by atoms with Gasteiger partial charge in [-0.15, -0.1) is 0 Å². The fourth-order valence-electron chi connectivity index (χ4n) is 2.51. The Kier molecular flexibility index (Phi) is 5.27. The van der Waals surface area contributed by atoms with Gasteiger partial charge in [-0.1, -0.05) is 66.7 Å². The zero-order valence-electron chi connectivity index (χ0n) is 14.0. The van der Waals surface area contributed by atoms with Gasteiger partial charge >= 0.3 is 0 Å². The molecule has 0 aliphatic heterocycles. The van der Waals surface area contributed by atoms with Gasteiger partial charge in [0.2, 0.25) is 5.91 Å². The normalized spacial score (nSPS) is 10.6. The summed E-state index contributed by atoms with van der Waals surface area (Å²) in [7, 11) is 1.58. The van der Waals surface area contributed by atoms with Gasteiger partial charge in [0.1, 0.15) is 5.75 Å². The Balaban J connectivity index is 1.66. The average Bonchev–Trinajstić information content (AvgIpc) is 2.68. The van der Waals surface area contributed by atoms with Gasteiger partial charge < -0.3 is 10.1 Å². The Morgan fingerprint density at radius 3 is 2.20 bits per heavy atom. The molecule has 0 atom stereocenters.